The second-order valence-electron chi connectivity index (χ2n) is 7.11. The number of benzene rings is 3. The number of carbonyl (C=O) groups excluding carboxylic acids is 1. The van der Waals surface area contributed by atoms with Crippen molar-refractivity contribution in [3.8, 4) is 27.8 Å². The van der Waals surface area contributed by atoms with E-state index in [0.717, 1.165) is 11.6 Å². The summed E-state index contributed by atoms with van der Waals surface area (Å²) in [5, 5.41) is 5.09. The third kappa shape index (κ3) is 5.32. The average molecular weight is 483 g/mol. The van der Waals surface area contributed by atoms with E-state index in [1.807, 2.05) is 0 Å². The van der Waals surface area contributed by atoms with Gasteiger partial charge in [0.25, 0.3) is 5.91 Å². The van der Waals surface area contributed by atoms with Gasteiger partial charge in [-0.1, -0.05) is 0 Å². The van der Waals surface area contributed by atoms with Gasteiger partial charge < -0.3 is 19.5 Å². The molecule has 1 N–H and O–H groups in total. The lowest BCUT2D eigenvalue weighted by Gasteiger charge is -2.12. The van der Waals surface area contributed by atoms with E-state index < -0.39 is 11.6 Å². The highest BCUT2D eigenvalue weighted by atomic mass is 32.1. The van der Waals surface area contributed by atoms with Gasteiger partial charge in [-0.15, -0.1) is 11.3 Å². The van der Waals surface area contributed by atoms with Gasteiger partial charge in [0.1, 0.15) is 34.7 Å². The average Bonchev–Trinajstić information content (AvgIpc) is 3.34. The molecular weight excluding hydrogens is 462 g/mol. The molecule has 0 unspecified atom stereocenters. The number of methoxy groups -OCH3 is 2. The zero-order valence-electron chi connectivity index (χ0n) is 18.3. The molecule has 4 rings (SSSR count). The van der Waals surface area contributed by atoms with Crippen molar-refractivity contribution in [3.05, 3.63) is 88.9 Å². The number of thiazole rings is 1. The van der Waals surface area contributed by atoms with Gasteiger partial charge in [-0.05, 0) is 54.6 Å². The fourth-order valence-corrected chi connectivity index (χ4v) is 3.89. The molecule has 1 heterocycles. The van der Waals surface area contributed by atoms with Crippen LogP contribution in [-0.2, 0) is 6.61 Å². The number of halogens is 2. The molecule has 0 saturated heterocycles. The van der Waals surface area contributed by atoms with Crippen molar-refractivity contribution < 1.29 is 27.8 Å². The number of hydrogen-bond acceptors (Lipinski definition) is 6. The van der Waals surface area contributed by atoms with E-state index in [-0.39, 0.29) is 23.8 Å². The minimum atomic E-state index is -0.682. The van der Waals surface area contributed by atoms with E-state index in [1.165, 1.54) is 30.6 Å². The van der Waals surface area contributed by atoms with Crippen LogP contribution in [0.25, 0.3) is 10.6 Å². The highest BCUT2D eigenvalue weighted by Gasteiger charge is 2.15. The number of aromatic nitrogens is 1. The van der Waals surface area contributed by atoms with E-state index >= 15 is 0 Å². The Hall–Kier alpha value is -3.98. The van der Waals surface area contributed by atoms with E-state index in [1.54, 1.807) is 55.0 Å². The number of ether oxygens (including phenoxy) is 3. The third-order valence-corrected chi connectivity index (χ3v) is 5.78. The molecule has 9 heteroatoms. The molecule has 0 spiro atoms. The Morgan fingerprint density at radius 2 is 1.76 bits per heavy atom. The number of amides is 1. The summed E-state index contributed by atoms with van der Waals surface area (Å²) in [6.45, 7) is -0.0885. The van der Waals surface area contributed by atoms with Crippen LogP contribution in [0.1, 0.15) is 16.1 Å². The summed E-state index contributed by atoms with van der Waals surface area (Å²) in [6.07, 6.45) is 0. The first-order valence-electron chi connectivity index (χ1n) is 10.1. The van der Waals surface area contributed by atoms with Crippen molar-refractivity contribution in [3.63, 3.8) is 0 Å². The largest absolute Gasteiger partial charge is 0.497 e. The summed E-state index contributed by atoms with van der Waals surface area (Å²) in [6, 6.07) is 15.5. The molecule has 174 valence electrons. The molecule has 0 fully saturated rings. The molecule has 0 atom stereocenters. The molecule has 1 amide bonds. The van der Waals surface area contributed by atoms with Crippen molar-refractivity contribution in [2.45, 2.75) is 6.61 Å². The van der Waals surface area contributed by atoms with Gasteiger partial charge in [-0.25, -0.2) is 13.8 Å². The van der Waals surface area contributed by atoms with Gasteiger partial charge in [0, 0.05) is 28.3 Å². The van der Waals surface area contributed by atoms with Crippen molar-refractivity contribution in [2.24, 2.45) is 0 Å². The maximum Gasteiger partial charge on any atom is 0.275 e. The molecule has 0 aliphatic rings. The first-order valence-corrected chi connectivity index (χ1v) is 11.0. The van der Waals surface area contributed by atoms with Gasteiger partial charge in [0.2, 0.25) is 0 Å². The standard InChI is InChI=1S/C25H20F2N2O4S/c1-31-19-8-6-18(7-9-19)28-24(30)21-14-34-25(29-21)15-4-10-22(23(11-15)32-2)33-13-16-3-5-17(26)12-20(16)27/h3-12,14H,13H2,1-2H3,(H,28,30). The van der Waals surface area contributed by atoms with Gasteiger partial charge in [0.05, 0.1) is 14.2 Å². The third-order valence-electron chi connectivity index (χ3n) is 4.89. The molecular formula is C25H20F2N2O4S. The lowest BCUT2D eigenvalue weighted by atomic mass is 10.2. The van der Waals surface area contributed by atoms with Crippen LogP contribution in [0.4, 0.5) is 14.5 Å². The predicted octanol–water partition coefficient (Wildman–Crippen LogP) is 5.94. The second-order valence-corrected chi connectivity index (χ2v) is 7.97. The van der Waals surface area contributed by atoms with Crippen LogP contribution in [0, 0.1) is 11.6 Å². The highest BCUT2D eigenvalue weighted by molar-refractivity contribution is 7.13. The molecule has 3 aromatic carbocycles. The van der Waals surface area contributed by atoms with E-state index in [2.05, 4.69) is 10.3 Å². The summed E-state index contributed by atoms with van der Waals surface area (Å²) in [7, 11) is 3.06. The number of nitrogens with one attached hydrogen (secondary N) is 1. The zero-order valence-corrected chi connectivity index (χ0v) is 19.1. The summed E-state index contributed by atoms with van der Waals surface area (Å²) in [5.41, 5.74) is 1.86. The van der Waals surface area contributed by atoms with Crippen LogP contribution in [0.15, 0.2) is 66.0 Å². The lowest BCUT2D eigenvalue weighted by molar-refractivity contribution is 0.102. The van der Waals surface area contributed by atoms with Crippen LogP contribution in [-0.4, -0.2) is 25.1 Å². The number of nitrogens with zero attached hydrogens (tertiary/aromatic N) is 1. The van der Waals surface area contributed by atoms with Crippen molar-refractivity contribution in [1.29, 1.82) is 0 Å². The second kappa shape index (κ2) is 10.3. The Morgan fingerprint density at radius 1 is 0.971 bits per heavy atom. The topological polar surface area (TPSA) is 69.7 Å². The van der Waals surface area contributed by atoms with Crippen LogP contribution < -0.4 is 19.5 Å². The minimum Gasteiger partial charge on any atom is -0.497 e. The Bertz CT molecular complexity index is 1310. The van der Waals surface area contributed by atoms with Gasteiger partial charge in [0.15, 0.2) is 11.5 Å². The predicted molar refractivity (Wildman–Crippen MR) is 126 cm³/mol. The molecule has 0 saturated carbocycles. The van der Waals surface area contributed by atoms with Crippen molar-refractivity contribution in [2.75, 3.05) is 19.5 Å². The van der Waals surface area contributed by atoms with Crippen LogP contribution in [0.2, 0.25) is 0 Å². The summed E-state index contributed by atoms with van der Waals surface area (Å²) in [5.74, 6) is -0.162. The van der Waals surface area contributed by atoms with Crippen LogP contribution in [0.5, 0.6) is 17.2 Å². The monoisotopic (exact) mass is 482 g/mol. The first kappa shape index (κ1) is 23.2. The fourth-order valence-electron chi connectivity index (χ4n) is 3.09. The normalized spacial score (nSPS) is 10.6. The van der Waals surface area contributed by atoms with Crippen LogP contribution >= 0.6 is 11.3 Å². The molecule has 0 aliphatic carbocycles. The maximum atomic E-state index is 13.9. The molecule has 6 nitrogen and oxygen atoms in total. The first-order chi connectivity index (χ1) is 16.5. The molecule has 4 aromatic rings. The Kier molecular flexibility index (Phi) is 7.03. The smallest absolute Gasteiger partial charge is 0.275 e. The van der Waals surface area contributed by atoms with E-state index in [4.69, 9.17) is 14.2 Å². The number of anilines is 1. The van der Waals surface area contributed by atoms with Gasteiger partial charge in [-0.3, -0.25) is 4.79 Å². The summed E-state index contributed by atoms with van der Waals surface area (Å²) in [4.78, 5) is 17.0. The molecule has 0 radical (unpaired) electrons. The zero-order chi connectivity index (χ0) is 24.1. The number of carbonyl (C=O) groups is 1. The Labute approximate surface area is 198 Å². The Balaban J connectivity index is 1.46. The summed E-state index contributed by atoms with van der Waals surface area (Å²) < 4.78 is 43.1. The highest BCUT2D eigenvalue weighted by Crippen LogP contribution is 2.34. The van der Waals surface area contributed by atoms with Gasteiger partial charge in [-0.2, -0.15) is 0 Å². The Morgan fingerprint density at radius 3 is 2.47 bits per heavy atom. The molecule has 0 bridgehead atoms. The fraction of sp³-hybridized carbons (Fsp3) is 0.120. The van der Waals surface area contributed by atoms with Crippen LogP contribution in [0.3, 0.4) is 0 Å². The number of hydrogen-bond donors (Lipinski definition) is 1. The number of rotatable bonds is 8. The van der Waals surface area contributed by atoms with Crippen molar-refractivity contribution in [1.82, 2.24) is 4.98 Å². The quantitative estimate of drug-likeness (QED) is 0.337. The molecule has 34 heavy (non-hydrogen) atoms. The molecule has 0 aliphatic heterocycles. The maximum absolute atomic E-state index is 13.9. The minimum absolute atomic E-state index is 0.0885. The van der Waals surface area contributed by atoms with Crippen molar-refractivity contribution >= 4 is 22.9 Å². The molecule has 1 aromatic heterocycles. The van der Waals surface area contributed by atoms with E-state index in [0.29, 0.717) is 27.9 Å². The lowest BCUT2D eigenvalue weighted by Crippen LogP contribution is -2.12. The van der Waals surface area contributed by atoms with Gasteiger partial charge >= 0.3 is 0 Å². The SMILES string of the molecule is COc1ccc(NC(=O)c2csc(-c3ccc(OCc4ccc(F)cc4F)c(OC)c3)n2)cc1. The van der Waals surface area contributed by atoms with E-state index in [9.17, 15) is 13.6 Å². The summed E-state index contributed by atoms with van der Waals surface area (Å²) >= 11 is 1.31.